The van der Waals surface area contributed by atoms with Crippen LogP contribution in [0.5, 0.6) is 0 Å². The lowest BCUT2D eigenvalue weighted by Gasteiger charge is -2.16. The third-order valence-electron chi connectivity index (χ3n) is 2.72. The zero-order chi connectivity index (χ0) is 4.43. The minimum absolute atomic E-state index is 1.10. The second-order valence-corrected chi connectivity index (χ2v) is 3.00. The van der Waals surface area contributed by atoms with E-state index in [1.165, 1.54) is 19.3 Å². The molecule has 4 aliphatic rings. The zero-order valence-corrected chi connectivity index (χ0v) is 4.30. The van der Waals surface area contributed by atoms with Gasteiger partial charge >= 0.3 is 0 Å². The summed E-state index contributed by atoms with van der Waals surface area (Å²) in [6.07, 6.45) is 4.55. The van der Waals surface area contributed by atoms with Crippen molar-refractivity contribution in [1.82, 2.24) is 4.90 Å². The summed E-state index contributed by atoms with van der Waals surface area (Å²) in [5, 5.41) is 0. The third-order valence-corrected chi connectivity index (χ3v) is 2.72. The minimum atomic E-state index is 1.10. The first kappa shape index (κ1) is 3.08. The van der Waals surface area contributed by atoms with Gasteiger partial charge in [0, 0.05) is 18.1 Å². The molecule has 3 aliphatic heterocycles. The molecule has 0 spiro atoms. The van der Waals surface area contributed by atoms with Crippen LogP contribution < -0.4 is 0 Å². The fourth-order valence-electron chi connectivity index (χ4n) is 2.22. The van der Waals surface area contributed by atoms with Crippen molar-refractivity contribution in [2.45, 2.75) is 37.4 Å². The molecule has 0 amide bonds. The summed E-state index contributed by atoms with van der Waals surface area (Å²) < 4.78 is 0. The van der Waals surface area contributed by atoms with Gasteiger partial charge in [0.1, 0.15) is 0 Å². The molecule has 1 heteroatoms. The Kier molecular flexibility index (Phi) is 0.288. The molecular weight excluding hydrogens is 86.1 g/mol. The van der Waals surface area contributed by atoms with E-state index < -0.39 is 0 Å². The van der Waals surface area contributed by atoms with Crippen molar-refractivity contribution >= 4 is 0 Å². The van der Waals surface area contributed by atoms with E-state index in [1.54, 1.807) is 0 Å². The lowest BCUT2D eigenvalue weighted by Crippen LogP contribution is -2.22. The van der Waals surface area contributed by atoms with Crippen LogP contribution >= 0.6 is 0 Å². The van der Waals surface area contributed by atoms with Gasteiger partial charge in [-0.2, -0.15) is 0 Å². The maximum absolute atomic E-state index is 2.64. The summed E-state index contributed by atoms with van der Waals surface area (Å²) >= 11 is 0. The Hall–Kier alpha value is -0.0400. The van der Waals surface area contributed by atoms with Crippen molar-refractivity contribution in [2.75, 3.05) is 0 Å². The molecule has 3 heterocycles. The van der Waals surface area contributed by atoms with E-state index in [-0.39, 0.29) is 0 Å². The fourth-order valence-corrected chi connectivity index (χ4v) is 2.22. The lowest BCUT2D eigenvalue weighted by molar-refractivity contribution is 0.386. The predicted octanol–water partition coefficient (Wildman–Crippen LogP) is 0.605. The average Bonchev–Trinajstić information content (AvgIpc) is 2.53. The number of fused-ring (bicyclic) bond motifs is 2. The quantitative estimate of drug-likeness (QED) is 0.398. The molecule has 0 radical (unpaired) electrons. The number of hydrogen-bond acceptors (Lipinski definition) is 1. The molecule has 4 rings (SSSR count). The number of piperidine rings is 1. The standard InChI is InChI=1S/C6H9N/c1-2-4-6-5(3-1)7(4)6/h4-6H,1-3H2. The Labute approximate surface area is 43.3 Å². The zero-order valence-electron chi connectivity index (χ0n) is 4.30. The van der Waals surface area contributed by atoms with Crippen LogP contribution in [0, 0.1) is 0 Å². The Morgan fingerprint density at radius 2 is 1.71 bits per heavy atom. The van der Waals surface area contributed by atoms with Crippen molar-refractivity contribution in [3.63, 3.8) is 0 Å². The molecule has 7 heavy (non-hydrogen) atoms. The SMILES string of the molecule is C1CC2C3C(C1)N23. The van der Waals surface area contributed by atoms with Gasteiger partial charge in [0.2, 0.25) is 0 Å². The van der Waals surface area contributed by atoms with Crippen molar-refractivity contribution in [3.8, 4) is 0 Å². The second kappa shape index (κ2) is 0.655. The highest BCUT2D eigenvalue weighted by Gasteiger charge is 2.71. The second-order valence-electron chi connectivity index (χ2n) is 3.00. The molecule has 0 aromatic rings. The Bertz CT molecular complexity index is 87.3. The monoisotopic (exact) mass is 95.1 g/mol. The number of rotatable bonds is 0. The van der Waals surface area contributed by atoms with Crippen LogP contribution in [0.25, 0.3) is 0 Å². The van der Waals surface area contributed by atoms with Crippen molar-refractivity contribution in [3.05, 3.63) is 0 Å². The van der Waals surface area contributed by atoms with Gasteiger partial charge in [-0.25, -0.2) is 0 Å². The number of nitrogens with zero attached hydrogens (tertiary/aromatic N) is 1. The Morgan fingerprint density at radius 3 is 2.00 bits per heavy atom. The fraction of sp³-hybridized carbons (Fsp3) is 1.00. The topological polar surface area (TPSA) is 3.01 Å². The van der Waals surface area contributed by atoms with Gasteiger partial charge in [-0.1, -0.05) is 6.42 Å². The van der Waals surface area contributed by atoms with Crippen LogP contribution in [0.4, 0.5) is 0 Å². The molecule has 0 aromatic heterocycles. The molecule has 0 N–H and O–H groups in total. The Balaban J connectivity index is 1.95. The highest BCUT2D eigenvalue weighted by Crippen LogP contribution is 2.59. The van der Waals surface area contributed by atoms with Crippen molar-refractivity contribution in [1.29, 1.82) is 0 Å². The normalized spacial score (nSPS) is 72.0. The van der Waals surface area contributed by atoms with E-state index in [9.17, 15) is 0 Å². The molecule has 1 saturated carbocycles. The van der Waals surface area contributed by atoms with Gasteiger partial charge in [0.25, 0.3) is 0 Å². The summed E-state index contributed by atoms with van der Waals surface area (Å²) in [5.74, 6) is 0. The molecule has 38 valence electrons. The van der Waals surface area contributed by atoms with Crippen LogP contribution in [0.1, 0.15) is 19.3 Å². The molecule has 2 unspecified atom stereocenters. The first-order chi connectivity index (χ1) is 3.48. The van der Waals surface area contributed by atoms with Gasteiger partial charge in [0.15, 0.2) is 0 Å². The highest BCUT2D eigenvalue weighted by molar-refractivity contribution is 5.28. The maximum atomic E-state index is 2.64. The minimum Gasteiger partial charge on any atom is -0.288 e. The molecule has 2 bridgehead atoms. The van der Waals surface area contributed by atoms with Gasteiger partial charge in [-0.05, 0) is 12.8 Å². The Morgan fingerprint density at radius 1 is 1.14 bits per heavy atom. The first-order valence-electron chi connectivity index (χ1n) is 3.26. The van der Waals surface area contributed by atoms with Gasteiger partial charge in [0.05, 0.1) is 0 Å². The van der Waals surface area contributed by atoms with E-state index in [0.717, 1.165) is 18.1 Å². The van der Waals surface area contributed by atoms with Crippen LogP contribution in [0.2, 0.25) is 0 Å². The summed E-state index contributed by atoms with van der Waals surface area (Å²) in [7, 11) is 0. The van der Waals surface area contributed by atoms with Crippen LogP contribution in [-0.2, 0) is 0 Å². The van der Waals surface area contributed by atoms with E-state index in [4.69, 9.17) is 0 Å². The van der Waals surface area contributed by atoms with E-state index in [1.807, 2.05) is 0 Å². The molecule has 3 saturated heterocycles. The van der Waals surface area contributed by atoms with Crippen LogP contribution in [0.3, 0.4) is 0 Å². The van der Waals surface area contributed by atoms with Gasteiger partial charge < -0.3 is 0 Å². The summed E-state index contributed by atoms with van der Waals surface area (Å²) in [5.41, 5.74) is 0. The average molecular weight is 95.1 g/mol. The summed E-state index contributed by atoms with van der Waals surface area (Å²) in [4.78, 5) is 2.64. The maximum Gasteiger partial charge on any atom is 0.0414 e. The molecule has 1 nitrogen and oxygen atoms in total. The summed E-state index contributed by atoms with van der Waals surface area (Å²) in [6, 6.07) is 3.31. The van der Waals surface area contributed by atoms with Crippen molar-refractivity contribution in [2.24, 2.45) is 0 Å². The molecular formula is C6H9N. The largest absolute Gasteiger partial charge is 0.288 e. The lowest BCUT2D eigenvalue weighted by atomic mass is 9.96. The molecule has 0 aromatic carbocycles. The van der Waals surface area contributed by atoms with Crippen LogP contribution in [0.15, 0.2) is 0 Å². The molecule has 4 fully saturated rings. The predicted molar refractivity (Wildman–Crippen MR) is 27.1 cm³/mol. The molecule has 1 aliphatic carbocycles. The van der Waals surface area contributed by atoms with E-state index >= 15 is 0 Å². The smallest absolute Gasteiger partial charge is 0.0414 e. The molecule has 2 atom stereocenters. The first-order valence-corrected chi connectivity index (χ1v) is 3.26. The van der Waals surface area contributed by atoms with Crippen molar-refractivity contribution < 1.29 is 0 Å². The number of hydrogen-bond donors (Lipinski definition) is 0. The van der Waals surface area contributed by atoms with Gasteiger partial charge in [-0.3, -0.25) is 4.90 Å². The third kappa shape index (κ3) is 0.194. The van der Waals surface area contributed by atoms with E-state index in [0.29, 0.717) is 0 Å². The summed E-state index contributed by atoms with van der Waals surface area (Å²) in [6.45, 7) is 0. The van der Waals surface area contributed by atoms with E-state index in [2.05, 4.69) is 4.90 Å². The van der Waals surface area contributed by atoms with Gasteiger partial charge in [-0.15, -0.1) is 0 Å². The highest BCUT2D eigenvalue weighted by atomic mass is 15.5. The van der Waals surface area contributed by atoms with Crippen LogP contribution in [-0.4, -0.2) is 23.0 Å².